The van der Waals surface area contributed by atoms with Crippen molar-refractivity contribution in [1.29, 1.82) is 0 Å². The fourth-order valence-corrected chi connectivity index (χ4v) is 4.22. The summed E-state index contributed by atoms with van der Waals surface area (Å²) in [7, 11) is 3.96. The highest BCUT2D eigenvalue weighted by Crippen LogP contribution is 2.51. The zero-order valence-corrected chi connectivity index (χ0v) is 15.8. The first-order valence-electron chi connectivity index (χ1n) is 9.10. The summed E-state index contributed by atoms with van der Waals surface area (Å²) in [5.41, 5.74) is 6.58. The van der Waals surface area contributed by atoms with E-state index in [1.165, 1.54) is 27.8 Å². The molecule has 0 amide bonds. The van der Waals surface area contributed by atoms with Gasteiger partial charge in [0, 0.05) is 18.2 Å². The van der Waals surface area contributed by atoms with Crippen molar-refractivity contribution in [3.63, 3.8) is 0 Å². The molecule has 0 saturated carbocycles. The molecule has 1 aliphatic carbocycles. The van der Waals surface area contributed by atoms with Crippen LogP contribution in [0.1, 0.15) is 43.5 Å². The number of nitrogens with zero attached hydrogens (tertiary/aromatic N) is 1. The highest BCUT2D eigenvalue weighted by molar-refractivity contribution is 5.82. The number of hydrogen-bond donors (Lipinski definition) is 0. The summed E-state index contributed by atoms with van der Waals surface area (Å²) in [5, 5.41) is 0. The number of hydrogen-bond acceptors (Lipinski definition) is 3. The summed E-state index contributed by atoms with van der Waals surface area (Å²) < 4.78 is 12.0. The normalized spacial score (nSPS) is 19.2. The molecule has 0 aromatic heterocycles. The van der Waals surface area contributed by atoms with Gasteiger partial charge in [0.1, 0.15) is 5.60 Å². The minimum Gasteiger partial charge on any atom is -0.493 e. The number of ether oxygens (including phenoxy) is 2. The molecule has 2 aromatic rings. The van der Waals surface area contributed by atoms with Crippen molar-refractivity contribution in [2.45, 2.75) is 45.3 Å². The highest BCUT2D eigenvalue weighted by Gasteiger charge is 2.35. The third kappa shape index (κ3) is 2.71. The van der Waals surface area contributed by atoms with E-state index < -0.39 is 0 Å². The van der Waals surface area contributed by atoms with Crippen LogP contribution in [0.5, 0.6) is 11.5 Å². The van der Waals surface area contributed by atoms with E-state index in [9.17, 15) is 0 Å². The summed E-state index contributed by atoms with van der Waals surface area (Å²) >= 11 is 0. The molecule has 0 fully saturated rings. The van der Waals surface area contributed by atoms with Crippen LogP contribution in [-0.4, -0.2) is 31.2 Å². The maximum absolute atomic E-state index is 6.39. The van der Waals surface area contributed by atoms with E-state index in [4.69, 9.17) is 9.47 Å². The minimum atomic E-state index is -0.273. The van der Waals surface area contributed by atoms with Crippen LogP contribution >= 0.6 is 0 Å². The summed E-state index contributed by atoms with van der Waals surface area (Å²) in [4.78, 5) is 2.49. The average Bonchev–Trinajstić information content (AvgIpc) is 2.56. The molecule has 4 rings (SSSR count). The third-order valence-corrected chi connectivity index (χ3v) is 5.31. The Labute approximate surface area is 150 Å². The van der Waals surface area contributed by atoms with Crippen LogP contribution in [0.2, 0.25) is 0 Å². The largest absolute Gasteiger partial charge is 0.493 e. The molecule has 0 radical (unpaired) electrons. The molecule has 1 aliphatic heterocycles. The molecule has 2 aliphatic rings. The Bertz CT molecular complexity index is 820. The SMILES string of the molecule is COc1ccc2c(c1OC(C)(C)C)-c1cccc3c1C(C2)N(C)CC3. The van der Waals surface area contributed by atoms with Gasteiger partial charge in [-0.05, 0) is 69.0 Å². The van der Waals surface area contributed by atoms with Crippen LogP contribution in [0, 0.1) is 0 Å². The van der Waals surface area contributed by atoms with Crippen LogP contribution in [0.4, 0.5) is 0 Å². The highest BCUT2D eigenvalue weighted by atomic mass is 16.5. The molecule has 0 N–H and O–H groups in total. The van der Waals surface area contributed by atoms with E-state index in [1.54, 1.807) is 7.11 Å². The van der Waals surface area contributed by atoms with E-state index >= 15 is 0 Å². The van der Waals surface area contributed by atoms with E-state index in [0.717, 1.165) is 30.9 Å². The maximum Gasteiger partial charge on any atom is 0.170 e. The van der Waals surface area contributed by atoms with Crippen molar-refractivity contribution < 1.29 is 9.47 Å². The second-order valence-electron chi connectivity index (χ2n) is 8.17. The fraction of sp³-hybridized carbons (Fsp3) is 0.455. The van der Waals surface area contributed by atoms with Gasteiger partial charge in [0.25, 0.3) is 0 Å². The minimum absolute atomic E-state index is 0.273. The molecule has 0 spiro atoms. The van der Waals surface area contributed by atoms with Crippen LogP contribution in [0.3, 0.4) is 0 Å². The smallest absolute Gasteiger partial charge is 0.170 e. The predicted octanol–water partition coefficient (Wildman–Crippen LogP) is 4.62. The Morgan fingerprint density at radius 1 is 1.08 bits per heavy atom. The van der Waals surface area contributed by atoms with Gasteiger partial charge < -0.3 is 9.47 Å². The molecule has 0 bridgehead atoms. The molecular formula is C22H27NO2. The van der Waals surface area contributed by atoms with Gasteiger partial charge in [-0.15, -0.1) is 0 Å². The predicted molar refractivity (Wildman–Crippen MR) is 102 cm³/mol. The zero-order chi connectivity index (χ0) is 17.8. The van der Waals surface area contributed by atoms with Crippen LogP contribution in [-0.2, 0) is 12.8 Å². The lowest BCUT2D eigenvalue weighted by Crippen LogP contribution is -2.35. The van der Waals surface area contributed by atoms with E-state index in [-0.39, 0.29) is 5.60 Å². The molecule has 3 heteroatoms. The molecule has 25 heavy (non-hydrogen) atoms. The number of rotatable bonds is 2. The summed E-state index contributed by atoms with van der Waals surface area (Å²) in [5.74, 6) is 1.70. The number of benzene rings is 2. The van der Waals surface area contributed by atoms with Crippen LogP contribution < -0.4 is 9.47 Å². The van der Waals surface area contributed by atoms with Crippen LogP contribution in [0.25, 0.3) is 11.1 Å². The molecule has 1 heterocycles. The van der Waals surface area contributed by atoms with Crippen molar-refractivity contribution in [3.05, 3.63) is 47.0 Å². The summed E-state index contributed by atoms with van der Waals surface area (Å²) in [6.45, 7) is 7.39. The maximum atomic E-state index is 6.39. The van der Waals surface area contributed by atoms with E-state index in [0.29, 0.717) is 6.04 Å². The number of methoxy groups -OCH3 is 1. The van der Waals surface area contributed by atoms with Crippen molar-refractivity contribution in [2.24, 2.45) is 0 Å². The average molecular weight is 337 g/mol. The lowest BCUT2D eigenvalue weighted by Gasteiger charge is -2.40. The van der Waals surface area contributed by atoms with E-state index in [1.807, 2.05) is 0 Å². The zero-order valence-electron chi connectivity index (χ0n) is 15.8. The Balaban J connectivity index is 1.98. The second-order valence-corrected chi connectivity index (χ2v) is 8.17. The first-order chi connectivity index (χ1) is 11.9. The Hall–Kier alpha value is -2.00. The monoisotopic (exact) mass is 337 g/mol. The summed E-state index contributed by atoms with van der Waals surface area (Å²) in [6.07, 6.45) is 2.14. The molecule has 2 aromatic carbocycles. The molecular weight excluding hydrogens is 310 g/mol. The van der Waals surface area contributed by atoms with Gasteiger partial charge in [-0.1, -0.05) is 24.3 Å². The Morgan fingerprint density at radius 3 is 2.60 bits per heavy atom. The molecule has 1 unspecified atom stereocenters. The quantitative estimate of drug-likeness (QED) is 0.798. The van der Waals surface area contributed by atoms with E-state index in [2.05, 4.69) is 63.1 Å². The topological polar surface area (TPSA) is 21.7 Å². The van der Waals surface area contributed by atoms with Crippen molar-refractivity contribution in [2.75, 3.05) is 20.7 Å². The number of fused-ring (bicyclic) bond motifs is 2. The standard InChI is InChI=1S/C22H27NO2/c1-22(2,3)25-21-18(24-5)10-9-15-13-17-19-14(11-12-23(17)4)7-6-8-16(19)20(15)21/h6-10,17H,11-13H2,1-5H3. The molecule has 3 nitrogen and oxygen atoms in total. The van der Waals surface area contributed by atoms with Gasteiger partial charge in [-0.25, -0.2) is 0 Å². The van der Waals surface area contributed by atoms with Gasteiger partial charge >= 0.3 is 0 Å². The Kier molecular flexibility index (Phi) is 3.80. The Morgan fingerprint density at radius 2 is 1.88 bits per heavy atom. The van der Waals surface area contributed by atoms with Crippen molar-refractivity contribution in [3.8, 4) is 22.6 Å². The third-order valence-electron chi connectivity index (χ3n) is 5.31. The summed E-state index contributed by atoms with van der Waals surface area (Å²) in [6, 6.07) is 11.4. The molecule has 132 valence electrons. The van der Waals surface area contributed by atoms with Gasteiger partial charge in [0.15, 0.2) is 11.5 Å². The van der Waals surface area contributed by atoms with Gasteiger partial charge in [0.05, 0.1) is 7.11 Å². The lowest BCUT2D eigenvalue weighted by molar-refractivity contribution is 0.126. The van der Waals surface area contributed by atoms with Crippen molar-refractivity contribution in [1.82, 2.24) is 4.90 Å². The number of likely N-dealkylation sites (N-methyl/N-ethyl adjacent to an activating group) is 1. The van der Waals surface area contributed by atoms with Crippen LogP contribution in [0.15, 0.2) is 30.3 Å². The van der Waals surface area contributed by atoms with Crippen molar-refractivity contribution >= 4 is 0 Å². The second kappa shape index (κ2) is 5.77. The first kappa shape index (κ1) is 16.5. The van der Waals surface area contributed by atoms with Gasteiger partial charge in [0.2, 0.25) is 0 Å². The first-order valence-corrected chi connectivity index (χ1v) is 9.10. The van der Waals surface area contributed by atoms with Gasteiger partial charge in [-0.3, -0.25) is 4.90 Å². The van der Waals surface area contributed by atoms with Gasteiger partial charge in [-0.2, -0.15) is 0 Å². The fourth-order valence-electron chi connectivity index (χ4n) is 4.22. The molecule has 0 saturated heterocycles. The molecule has 1 atom stereocenters. The lowest BCUT2D eigenvalue weighted by atomic mass is 9.77.